The number of thiophene rings is 1. The van der Waals surface area contributed by atoms with E-state index in [-0.39, 0.29) is 0 Å². The molecule has 1 fully saturated rings. The molecule has 1 atom stereocenters. The van der Waals surface area contributed by atoms with Crippen molar-refractivity contribution in [3.8, 4) is 0 Å². The first-order valence-corrected chi connectivity index (χ1v) is 13.8. The SMILES string of the molecule is CNc1scc(C2CCc3ccccc3C2)c1C(=O)O.O=Cc1ccc(NCC2CCCCC2)cc1. The lowest BCUT2D eigenvalue weighted by atomic mass is 9.80. The first-order chi connectivity index (χ1) is 17.6. The summed E-state index contributed by atoms with van der Waals surface area (Å²) in [4.78, 5) is 22.0. The van der Waals surface area contributed by atoms with Crippen molar-refractivity contribution in [3.63, 3.8) is 0 Å². The lowest BCUT2D eigenvalue weighted by Crippen LogP contribution is -2.16. The Morgan fingerprint density at radius 1 is 1.03 bits per heavy atom. The maximum atomic E-state index is 11.5. The summed E-state index contributed by atoms with van der Waals surface area (Å²) in [6, 6.07) is 16.1. The average Bonchev–Trinajstić information content (AvgIpc) is 3.38. The summed E-state index contributed by atoms with van der Waals surface area (Å²) in [6.45, 7) is 1.07. The molecule has 0 radical (unpaired) electrons. The Labute approximate surface area is 218 Å². The Morgan fingerprint density at radius 3 is 2.42 bits per heavy atom. The van der Waals surface area contributed by atoms with Crippen LogP contribution in [0.4, 0.5) is 10.7 Å². The zero-order valence-electron chi connectivity index (χ0n) is 21.0. The molecule has 0 spiro atoms. The van der Waals surface area contributed by atoms with E-state index in [1.165, 1.54) is 54.6 Å². The zero-order chi connectivity index (χ0) is 25.3. The number of aldehydes is 1. The van der Waals surface area contributed by atoms with Gasteiger partial charge in [0.1, 0.15) is 11.3 Å². The fourth-order valence-corrected chi connectivity index (χ4v) is 6.37. The highest BCUT2D eigenvalue weighted by atomic mass is 32.1. The molecule has 0 aliphatic heterocycles. The summed E-state index contributed by atoms with van der Waals surface area (Å²) in [5, 5.41) is 18.7. The number of hydrogen-bond donors (Lipinski definition) is 3. The second kappa shape index (κ2) is 12.7. The number of aromatic carboxylic acids is 1. The Morgan fingerprint density at radius 2 is 1.75 bits per heavy atom. The number of aryl methyl sites for hydroxylation is 1. The number of carboxylic acid groups (broad SMARTS) is 1. The molecule has 0 saturated heterocycles. The van der Waals surface area contributed by atoms with Gasteiger partial charge in [-0.2, -0.15) is 0 Å². The van der Waals surface area contributed by atoms with Gasteiger partial charge in [0.25, 0.3) is 0 Å². The van der Waals surface area contributed by atoms with Crippen LogP contribution in [-0.4, -0.2) is 31.0 Å². The molecule has 3 aromatic rings. The van der Waals surface area contributed by atoms with E-state index < -0.39 is 5.97 Å². The first-order valence-electron chi connectivity index (χ1n) is 13.0. The number of benzene rings is 2. The Bertz CT molecular complexity index is 1150. The van der Waals surface area contributed by atoms with Crippen LogP contribution in [0.25, 0.3) is 0 Å². The minimum atomic E-state index is -0.829. The molecule has 190 valence electrons. The highest BCUT2D eigenvalue weighted by Gasteiger charge is 2.27. The monoisotopic (exact) mass is 504 g/mol. The van der Waals surface area contributed by atoms with Gasteiger partial charge >= 0.3 is 5.97 Å². The average molecular weight is 505 g/mol. The van der Waals surface area contributed by atoms with Crippen molar-refractivity contribution in [2.45, 2.75) is 57.3 Å². The van der Waals surface area contributed by atoms with Crippen LogP contribution in [0.5, 0.6) is 0 Å². The largest absolute Gasteiger partial charge is 0.478 e. The van der Waals surface area contributed by atoms with Gasteiger partial charge in [-0.3, -0.25) is 4.79 Å². The van der Waals surface area contributed by atoms with Gasteiger partial charge in [0.15, 0.2) is 0 Å². The third-order valence-corrected chi connectivity index (χ3v) is 8.43. The summed E-state index contributed by atoms with van der Waals surface area (Å²) >= 11 is 1.49. The molecule has 1 aromatic heterocycles. The van der Waals surface area contributed by atoms with Crippen molar-refractivity contribution in [1.29, 1.82) is 0 Å². The summed E-state index contributed by atoms with van der Waals surface area (Å²) in [5.74, 6) is 0.318. The van der Waals surface area contributed by atoms with E-state index in [1.54, 1.807) is 7.05 Å². The Kier molecular flexibility index (Phi) is 9.17. The number of carbonyl (C=O) groups is 2. The van der Waals surface area contributed by atoms with E-state index in [4.69, 9.17) is 0 Å². The number of hydrogen-bond acceptors (Lipinski definition) is 5. The van der Waals surface area contributed by atoms with Gasteiger partial charge in [0, 0.05) is 24.8 Å². The predicted octanol–water partition coefficient (Wildman–Crippen LogP) is 7.25. The summed E-state index contributed by atoms with van der Waals surface area (Å²) in [7, 11) is 1.78. The van der Waals surface area contributed by atoms with E-state index in [0.29, 0.717) is 11.5 Å². The van der Waals surface area contributed by atoms with Crippen LogP contribution < -0.4 is 10.6 Å². The maximum Gasteiger partial charge on any atom is 0.338 e. The number of rotatable bonds is 7. The van der Waals surface area contributed by atoms with Gasteiger partial charge in [-0.25, -0.2) is 4.79 Å². The molecule has 5 nitrogen and oxygen atoms in total. The molecule has 1 saturated carbocycles. The standard InChI is InChI=1S/C16H17NO2S.C14H19NO/c1-17-15-14(16(18)19)13(9-20-15)12-7-6-10-4-2-3-5-11(10)8-12;16-11-13-6-8-14(9-7-13)15-10-12-4-2-1-3-5-12/h2-5,9,12,17H,6-8H2,1H3,(H,18,19);6-9,11-12,15H,1-5,10H2. The summed E-state index contributed by atoms with van der Waals surface area (Å²) in [6.07, 6.45) is 10.8. The molecule has 1 heterocycles. The van der Waals surface area contributed by atoms with E-state index in [2.05, 4.69) is 34.9 Å². The lowest BCUT2D eigenvalue weighted by Gasteiger charge is -2.24. The molecule has 0 amide bonds. The van der Waals surface area contributed by atoms with Crippen molar-refractivity contribution in [2.75, 3.05) is 24.2 Å². The molecule has 36 heavy (non-hydrogen) atoms. The molecule has 6 heteroatoms. The third-order valence-electron chi connectivity index (χ3n) is 7.41. The smallest absolute Gasteiger partial charge is 0.338 e. The van der Waals surface area contributed by atoms with Gasteiger partial charge < -0.3 is 15.7 Å². The van der Waals surface area contributed by atoms with Crippen LogP contribution >= 0.6 is 11.3 Å². The van der Waals surface area contributed by atoms with Crippen molar-refractivity contribution in [3.05, 3.63) is 81.7 Å². The molecule has 1 unspecified atom stereocenters. The molecule has 3 N–H and O–H groups in total. The van der Waals surface area contributed by atoms with Gasteiger partial charge in [-0.1, -0.05) is 43.5 Å². The zero-order valence-corrected chi connectivity index (χ0v) is 21.8. The van der Waals surface area contributed by atoms with E-state index in [1.807, 2.05) is 29.6 Å². The third kappa shape index (κ3) is 6.55. The van der Waals surface area contributed by atoms with E-state index in [9.17, 15) is 14.7 Å². The Balaban J connectivity index is 0.000000174. The fourth-order valence-electron chi connectivity index (χ4n) is 5.37. The molecular weight excluding hydrogens is 468 g/mol. The minimum Gasteiger partial charge on any atom is -0.478 e. The molecule has 0 bridgehead atoms. The first kappa shape index (κ1) is 26.0. The molecule has 2 aliphatic carbocycles. The molecular formula is C30H36N2O3S. The fraction of sp³-hybridized carbons (Fsp3) is 0.400. The Hall–Kier alpha value is -3.12. The lowest BCUT2D eigenvalue weighted by molar-refractivity contribution is 0.0696. The van der Waals surface area contributed by atoms with Crippen LogP contribution in [0.1, 0.15) is 81.8 Å². The van der Waals surface area contributed by atoms with Crippen LogP contribution in [0, 0.1) is 5.92 Å². The normalized spacial score (nSPS) is 17.3. The summed E-state index contributed by atoms with van der Waals surface area (Å²) in [5.41, 5.74) is 6.07. The van der Waals surface area contributed by atoms with Crippen LogP contribution in [0.15, 0.2) is 53.9 Å². The van der Waals surface area contributed by atoms with Gasteiger partial charge in [-0.15, -0.1) is 11.3 Å². The number of anilines is 2. The van der Waals surface area contributed by atoms with Gasteiger partial charge in [0.2, 0.25) is 0 Å². The quantitative estimate of drug-likeness (QED) is 0.295. The minimum absolute atomic E-state index is 0.314. The second-order valence-corrected chi connectivity index (χ2v) is 10.7. The van der Waals surface area contributed by atoms with Crippen molar-refractivity contribution in [2.24, 2.45) is 5.92 Å². The molecule has 2 aromatic carbocycles. The maximum absolute atomic E-state index is 11.5. The van der Waals surface area contributed by atoms with E-state index in [0.717, 1.165) is 59.8 Å². The highest BCUT2D eigenvalue weighted by molar-refractivity contribution is 7.14. The van der Waals surface area contributed by atoms with Crippen molar-refractivity contribution >= 4 is 34.3 Å². The number of carboxylic acids is 1. The number of carbonyl (C=O) groups excluding carboxylic acids is 1. The second-order valence-electron chi connectivity index (χ2n) is 9.78. The topological polar surface area (TPSA) is 78.4 Å². The number of fused-ring (bicyclic) bond motifs is 1. The van der Waals surface area contributed by atoms with E-state index >= 15 is 0 Å². The molecule has 2 aliphatic rings. The van der Waals surface area contributed by atoms with Crippen molar-refractivity contribution < 1.29 is 14.7 Å². The predicted molar refractivity (Wildman–Crippen MR) is 149 cm³/mol. The van der Waals surface area contributed by atoms with Gasteiger partial charge in [0.05, 0.1) is 5.56 Å². The molecule has 5 rings (SSSR count). The summed E-state index contributed by atoms with van der Waals surface area (Å²) < 4.78 is 0. The van der Waals surface area contributed by atoms with Crippen LogP contribution in [0.2, 0.25) is 0 Å². The highest BCUT2D eigenvalue weighted by Crippen LogP contribution is 2.39. The van der Waals surface area contributed by atoms with Crippen molar-refractivity contribution in [1.82, 2.24) is 0 Å². The van der Waals surface area contributed by atoms with Gasteiger partial charge in [-0.05, 0) is 90.3 Å². The van der Waals surface area contributed by atoms with Crippen LogP contribution in [-0.2, 0) is 12.8 Å². The number of nitrogens with one attached hydrogen (secondary N) is 2. The van der Waals surface area contributed by atoms with Crippen LogP contribution in [0.3, 0.4) is 0 Å².